The van der Waals surface area contributed by atoms with Gasteiger partial charge in [-0.1, -0.05) is 60.8 Å². The van der Waals surface area contributed by atoms with Crippen molar-refractivity contribution in [2.75, 3.05) is 13.2 Å². The third kappa shape index (κ3) is 6.90. The predicted molar refractivity (Wildman–Crippen MR) is 126 cm³/mol. The maximum Gasteiger partial charge on any atom is 0.343 e. The van der Waals surface area contributed by atoms with Gasteiger partial charge in [-0.3, -0.25) is 4.79 Å². The minimum atomic E-state index is -0.873. The van der Waals surface area contributed by atoms with Crippen molar-refractivity contribution in [3.63, 3.8) is 0 Å². The van der Waals surface area contributed by atoms with Crippen molar-refractivity contribution >= 4 is 46.6 Å². The molecule has 33 heavy (non-hydrogen) atoms. The van der Waals surface area contributed by atoms with Crippen molar-refractivity contribution in [2.24, 2.45) is 5.92 Å². The minimum Gasteiger partial charge on any atom is -0.462 e. The molecule has 0 saturated heterocycles. The molecule has 1 atom stereocenters. The van der Waals surface area contributed by atoms with E-state index >= 15 is 0 Å². The highest BCUT2D eigenvalue weighted by Crippen LogP contribution is 2.29. The van der Waals surface area contributed by atoms with Crippen molar-refractivity contribution in [3.05, 3.63) is 73.9 Å². The summed E-state index contributed by atoms with van der Waals surface area (Å²) in [4.78, 5) is 29.9. The van der Waals surface area contributed by atoms with E-state index in [1.54, 1.807) is 13.0 Å². The number of hydrogen-bond acceptors (Lipinski definition) is 6. The van der Waals surface area contributed by atoms with Gasteiger partial charge >= 0.3 is 5.97 Å². The van der Waals surface area contributed by atoms with Crippen molar-refractivity contribution in [2.45, 2.75) is 33.2 Å². The minimum absolute atomic E-state index is 0.0137. The number of Topliss-reactive ketones (excluding diaryl/α,β-unsaturated/α-hetero) is 1. The van der Waals surface area contributed by atoms with E-state index in [9.17, 15) is 19.1 Å². The number of nitrogens with one attached hydrogen (secondary N) is 1. The lowest BCUT2D eigenvalue weighted by molar-refractivity contribution is -0.138. The third-order valence-electron chi connectivity index (χ3n) is 4.80. The summed E-state index contributed by atoms with van der Waals surface area (Å²) in [6.07, 6.45) is 1.18. The molecule has 0 spiro atoms. The molecule has 0 amide bonds. The quantitative estimate of drug-likeness (QED) is 0.115. The lowest BCUT2D eigenvalue weighted by atomic mass is 10.0. The number of hydrogen-bond donors (Lipinski definition) is 2. The van der Waals surface area contributed by atoms with E-state index in [0.717, 1.165) is 0 Å². The van der Waals surface area contributed by atoms with E-state index < -0.39 is 23.6 Å². The SMILES string of the molecule is CCOC(=O)/C(=C\N[C@H](CO)C(C)C)C(=O)c1cc(Cc2cccc(Cl)c2F)nc(Cl)c1Cl. The molecule has 1 aromatic heterocycles. The van der Waals surface area contributed by atoms with E-state index in [0.29, 0.717) is 0 Å². The van der Waals surface area contributed by atoms with Crippen molar-refractivity contribution in [1.29, 1.82) is 0 Å². The number of aliphatic hydroxyl groups excluding tert-OH is 1. The number of carbonyl (C=O) groups is 2. The number of halogens is 4. The zero-order valence-electron chi connectivity index (χ0n) is 18.3. The summed E-state index contributed by atoms with van der Waals surface area (Å²) >= 11 is 18.2. The fraction of sp³-hybridized carbons (Fsp3) is 0.348. The summed E-state index contributed by atoms with van der Waals surface area (Å²) < 4.78 is 19.3. The largest absolute Gasteiger partial charge is 0.462 e. The van der Waals surface area contributed by atoms with E-state index in [1.807, 2.05) is 13.8 Å². The third-order valence-corrected chi connectivity index (χ3v) is 5.85. The van der Waals surface area contributed by atoms with Crippen molar-refractivity contribution in [3.8, 4) is 0 Å². The topological polar surface area (TPSA) is 88.5 Å². The van der Waals surface area contributed by atoms with Crippen LogP contribution in [-0.2, 0) is 16.0 Å². The number of pyridine rings is 1. The van der Waals surface area contributed by atoms with Crippen LogP contribution in [0.5, 0.6) is 0 Å². The van der Waals surface area contributed by atoms with E-state index in [4.69, 9.17) is 39.5 Å². The Morgan fingerprint density at radius 2 is 1.97 bits per heavy atom. The second-order valence-electron chi connectivity index (χ2n) is 7.46. The van der Waals surface area contributed by atoms with Gasteiger partial charge in [-0.05, 0) is 30.5 Å². The van der Waals surface area contributed by atoms with Gasteiger partial charge in [-0.25, -0.2) is 14.2 Å². The molecule has 0 aliphatic carbocycles. The van der Waals surface area contributed by atoms with Gasteiger partial charge in [0.05, 0.1) is 29.3 Å². The lowest BCUT2D eigenvalue weighted by Gasteiger charge is -2.19. The van der Waals surface area contributed by atoms with Crippen molar-refractivity contribution < 1.29 is 23.8 Å². The average Bonchev–Trinajstić information content (AvgIpc) is 2.76. The molecular weight excluding hydrogens is 494 g/mol. The van der Waals surface area contributed by atoms with Gasteiger partial charge in [-0.2, -0.15) is 0 Å². The smallest absolute Gasteiger partial charge is 0.343 e. The molecule has 2 rings (SSSR count). The molecule has 0 aliphatic heterocycles. The highest BCUT2D eigenvalue weighted by atomic mass is 35.5. The summed E-state index contributed by atoms with van der Waals surface area (Å²) in [6, 6.07) is 5.47. The number of nitrogens with zero attached hydrogens (tertiary/aromatic N) is 1. The molecule has 0 fully saturated rings. The number of benzene rings is 1. The first-order valence-electron chi connectivity index (χ1n) is 10.2. The second-order valence-corrected chi connectivity index (χ2v) is 8.61. The molecule has 1 heterocycles. The van der Waals surface area contributed by atoms with Crippen LogP contribution in [0, 0.1) is 11.7 Å². The Labute approximate surface area is 206 Å². The van der Waals surface area contributed by atoms with Gasteiger partial charge in [0.2, 0.25) is 5.78 Å². The Kier molecular flexibility index (Phi) is 10.1. The second kappa shape index (κ2) is 12.3. The first-order chi connectivity index (χ1) is 15.6. The monoisotopic (exact) mass is 516 g/mol. The highest BCUT2D eigenvalue weighted by molar-refractivity contribution is 6.44. The lowest BCUT2D eigenvalue weighted by Crippen LogP contribution is -2.34. The number of aliphatic hydroxyl groups is 1. The van der Waals surface area contributed by atoms with Gasteiger partial charge in [0.15, 0.2) is 0 Å². The molecule has 0 unspecified atom stereocenters. The number of ketones is 1. The summed E-state index contributed by atoms with van der Waals surface area (Å²) in [6.45, 7) is 5.17. The van der Waals surface area contributed by atoms with Crippen molar-refractivity contribution in [1.82, 2.24) is 10.3 Å². The summed E-state index contributed by atoms with van der Waals surface area (Å²) in [5.41, 5.74) is 0.0677. The molecule has 2 N–H and O–H groups in total. The van der Waals surface area contributed by atoms with E-state index in [2.05, 4.69) is 10.3 Å². The van der Waals surface area contributed by atoms with Gasteiger partial charge in [-0.15, -0.1) is 0 Å². The van der Waals surface area contributed by atoms with Crippen LogP contribution in [0.1, 0.15) is 42.4 Å². The molecule has 6 nitrogen and oxygen atoms in total. The number of rotatable bonds is 10. The molecular formula is C23H24Cl3FN2O4. The fourth-order valence-corrected chi connectivity index (χ4v) is 3.49. The van der Waals surface area contributed by atoms with Crippen LogP contribution in [0.2, 0.25) is 15.2 Å². The van der Waals surface area contributed by atoms with Crippen LogP contribution in [0.25, 0.3) is 0 Å². The zero-order valence-corrected chi connectivity index (χ0v) is 20.6. The summed E-state index contributed by atoms with van der Waals surface area (Å²) in [5.74, 6) is -2.23. The highest BCUT2D eigenvalue weighted by Gasteiger charge is 2.26. The van der Waals surface area contributed by atoms with Crippen LogP contribution in [-0.4, -0.2) is 41.1 Å². The first-order valence-corrected chi connectivity index (χ1v) is 11.3. The molecule has 1 aromatic carbocycles. The molecule has 0 radical (unpaired) electrons. The van der Waals surface area contributed by atoms with Gasteiger partial charge in [0.25, 0.3) is 0 Å². The van der Waals surface area contributed by atoms with Crippen LogP contribution < -0.4 is 5.32 Å². The fourth-order valence-electron chi connectivity index (χ4n) is 2.90. The van der Waals surface area contributed by atoms with Crippen LogP contribution in [0.3, 0.4) is 0 Å². The van der Waals surface area contributed by atoms with Gasteiger partial charge in [0, 0.05) is 23.9 Å². The van der Waals surface area contributed by atoms with Gasteiger partial charge < -0.3 is 15.2 Å². The van der Waals surface area contributed by atoms with Crippen LogP contribution in [0.4, 0.5) is 4.39 Å². The Morgan fingerprint density at radius 3 is 2.58 bits per heavy atom. The predicted octanol–water partition coefficient (Wildman–Crippen LogP) is 5.01. The maximum atomic E-state index is 14.3. The molecule has 0 bridgehead atoms. The Morgan fingerprint density at radius 1 is 1.27 bits per heavy atom. The van der Waals surface area contributed by atoms with Gasteiger partial charge in [0.1, 0.15) is 16.5 Å². The molecule has 2 aromatic rings. The van der Waals surface area contributed by atoms with Crippen LogP contribution in [0.15, 0.2) is 36.0 Å². The molecule has 0 aliphatic rings. The number of ether oxygens (including phenoxy) is 1. The Balaban J connectivity index is 2.48. The molecule has 0 saturated carbocycles. The normalized spacial score (nSPS) is 12.6. The standard InChI is InChI=1S/C23H24Cl3FN2O4/c1-4-33-23(32)16(10-28-18(11-30)12(2)3)21(31)15-9-14(29-22(26)19(15)25)8-13-6-5-7-17(24)20(13)27/h5-7,9-10,12,18,28,30H,4,8,11H2,1-3H3/b16-10-/t18-/m1/s1. The van der Waals surface area contributed by atoms with E-state index in [1.165, 1.54) is 24.4 Å². The zero-order chi connectivity index (χ0) is 24.7. The number of esters is 1. The first kappa shape index (κ1) is 27.1. The number of aromatic nitrogens is 1. The Hall–Kier alpha value is -2.19. The number of carbonyl (C=O) groups excluding carboxylic acids is 2. The van der Waals surface area contributed by atoms with Crippen LogP contribution >= 0.6 is 34.8 Å². The van der Waals surface area contributed by atoms with E-state index in [-0.39, 0.29) is 63.1 Å². The molecule has 178 valence electrons. The average molecular weight is 518 g/mol. The Bertz CT molecular complexity index is 1060. The molecule has 10 heteroatoms. The maximum absolute atomic E-state index is 14.3. The summed E-state index contributed by atoms with van der Waals surface area (Å²) in [7, 11) is 0. The summed E-state index contributed by atoms with van der Waals surface area (Å²) in [5, 5.41) is 12.0.